The molecule has 4 rings (SSSR count). The van der Waals surface area contributed by atoms with Gasteiger partial charge in [0.25, 0.3) is 5.91 Å². The fraction of sp³-hybridized carbons (Fsp3) is 0.276. The molecule has 2 aromatic heterocycles. The molecule has 42 heavy (non-hydrogen) atoms. The SMILES string of the molecule is COc1cc(C(=O)NCC(O)(c2nc(-c3ccc(F)cc3)c(Cl)c(C(C)(C)O)c2F)C(F)(F)F)cc2cc(C)cnc12. The van der Waals surface area contributed by atoms with E-state index in [0.717, 1.165) is 43.7 Å². The van der Waals surface area contributed by atoms with E-state index in [1.54, 1.807) is 19.2 Å². The summed E-state index contributed by atoms with van der Waals surface area (Å²) in [6, 6.07) is 8.55. The number of rotatable bonds is 7. The minimum Gasteiger partial charge on any atom is -0.494 e. The zero-order valence-corrected chi connectivity index (χ0v) is 23.5. The number of carbonyl (C=O) groups is 1. The molecule has 4 aromatic rings. The van der Waals surface area contributed by atoms with Gasteiger partial charge in [0.1, 0.15) is 22.8 Å². The summed E-state index contributed by atoms with van der Waals surface area (Å²) in [6.07, 6.45) is -4.01. The molecule has 0 aliphatic rings. The first kappa shape index (κ1) is 31.1. The van der Waals surface area contributed by atoms with Crippen molar-refractivity contribution in [2.24, 2.45) is 0 Å². The van der Waals surface area contributed by atoms with Crippen LogP contribution < -0.4 is 10.1 Å². The van der Waals surface area contributed by atoms with Crippen LogP contribution in [0.4, 0.5) is 22.0 Å². The molecule has 0 saturated carbocycles. The average molecular weight is 610 g/mol. The van der Waals surface area contributed by atoms with Crippen LogP contribution in [0.2, 0.25) is 5.02 Å². The number of aromatic nitrogens is 2. The Morgan fingerprint density at radius 3 is 2.29 bits per heavy atom. The van der Waals surface area contributed by atoms with Gasteiger partial charge in [-0.1, -0.05) is 11.6 Å². The highest BCUT2D eigenvalue weighted by atomic mass is 35.5. The van der Waals surface area contributed by atoms with Crippen molar-refractivity contribution < 1.29 is 41.7 Å². The van der Waals surface area contributed by atoms with E-state index < -0.39 is 63.4 Å². The van der Waals surface area contributed by atoms with E-state index in [0.29, 0.717) is 10.9 Å². The van der Waals surface area contributed by atoms with Crippen LogP contribution in [-0.4, -0.2) is 45.9 Å². The van der Waals surface area contributed by atoms with Crippen molar-refractivity contribution in [3.63, 3.8) is 0 Å². The number of hydrogen-bond acceptors (Lipinski definition) is 6. The van der Waals surface area contributed by atoms with Crippen molar-refractivity contribution in [2.75, 3.05) is 13.7 Å². The number of aryl methyl sites for hydroxylation is 1. The van der Waals surface area contributed by atoms with Gasteiger partial charge in [0.2, 0.25) is 5.60 Å². The third kappa shape index (κ3) is 5.74. The van der Waals surface area contributed by atoms with E-state index >= 15 is 4.39 Å². The number of methoxy groups -OCH3 is 1. The molecule has 2 aromatic carbocycles. The number of ether oxygens (including phenoxy) is 1. The lowest BCUT2D eigenvalue weighted by atomic mass is 9.89. The van der Waals surface area contributed by atoms with Crippen LogP contribution in [0.3, 0.4) is 0 Å². The van der Waals surface area contributed by atoms with Gasteiger partial charge in [0.15, 0.2) is 5.82 Å². The van der Waals surface area contributed by atoms with E-state index in [9.17, 15) is 32.6 Å². The standard InChI is InChI=1S/C29H25ClF5N3O4/c1-14-9-16-10-17(11-19(42-4)23(16)36-12-14)26(39)37-13-28(41,29(33,34)35)25-22(32)20(27(2,3)40)21(30)24(38-25)15-5-7-18(31)8-6-15/h5-12,40-41H,13H2,1-4H3,(H,37,39). The van der Waals surface area contributed by atoms with Crippen molar-refractivity contribution in [2.45, 2.75) is 38.1 Å². The molecule has 0 fully saturated rings. The summed E-state index contributed by atoms with van der Waals surface area (Å²) in [5, 5.41) is 23.6. The summed E-state index contributed by atoms with van der Waals surface area (Å²) in [7, 11) is 1.33. The average Bonchev–Trinajstić information content (AvgIpc) is 2.90. The largest absolute Gasteiger partial charge is 0.494 e. The molecule has 0 aliphatic carbocycles. The Bertz CT molecular complexity index is 1670. The van der Waals surface area contributed by atoms with Gasteiger partial charge < -0.3 is 20.3 Å². The Hall–Kier alpha value is -3.87. The van der Waals surface area contributed by atoms with Crippen molar-refractivity contribution in [1.29, 1.82) is 0 Å². The predicted molar refractivity (Wildman–Crippen MR) is 145 cm³/mol. The third-order valence-corrected chi connectivity index (χ3v) is 6.91. The lowest BCUT2D eigenvalue weighted by Gasteiger charge is -2.33. The van der Waals surface area contributed by atoms with Crippen LogP contribution in [0.1, 0.15) is 41.0 Å². The smallest absolute Gasteiger partial charge is 0.424 e. The molecule has 222 valence electrons. The van der Waals surface area contributed by atoms with E-state index in [4.69, 9.17) is 16.3 Å². The summed E-state index contributed by atoms with van der Waals surface area (Å²) in [4.78, 5) is 21.0. The highest BCUT2D eigenvalue weighted by Gasteiger charge is 2.58. The third-order valence-electron chi connectivity index (χ3n) is 6.54. The molecule has 0 bridgehead atoms. The molecule has 7 nitrogen and oxygen atoms in total. The minimum absolute atomic E-state index is 0.0196. The molecule has 0 saturated heterocycles. The maximum atomic E-state index is 15.8. The summed E-state index contributed by atoms with van der Waals surface area (Å²) >= 11 is 6.30. The number of amides is 1. The van der Waals surface area contributed by atoms with Crippen molar-refractivity contribution in [1.82, 2.24) is 15.3 Å². The van der Waals surface area contributed by atoms with E-state index in [1.165, 1.54) is 19.2 Å². The molecule has 13 heteroatoms. The topological polar surface area (TPSA) is 105 Å². The van der Waals surface area contributed by atoms with Gasteiger partial charge in [-0.3, -0.25) is 9.78 Å². The van der Waals surface area contributed by atoms with Crippen molar-refractivity contribution >= 4 is 28.4 Å². The fourth-order valence-electron chi connectivity index (χ4n) is 4.39. The number of nitrogens with zero attached hydrogens (tertiary/aromatic N) is 2. The number of pyridine rings is 2. The van der Waals surface area contributed by atoms with Crippen LogP contribution in [0.25, 0.3) is 22.2 Å². The number of benzene rings is 2. The Morgan fingerprint density at radius 2 is 1.71 bits per heavy atom. The monoisotopic (exact) mass is 609 g/mol. The second-order valence-corrected chi connectivity index (χ2v) is 10.6. The summed E-state index contributed by atoms with van der Waals surface area (Å²) in [5.74, 6) is -3.28. The maximum Gasteiger partial charge on any atom is 0.424 e. The van der Waals surface area contributed by atoms with Gasteiger partial charge in [-0.25, -0.2) is 13.8 Å². The molecule has 0 radical (unpaired) electrons. The van der Waals surface area contributed by atoms with E-state index in [1.807, 2.05) is 5.32 Å². The number of carbonyl (C=O) groups excluding carboxylic acids is 1. The lowest BCUT2D eigenvalue weighted by Crippen LogP contribution is -2.52. The lowest BCUT2D eigenvalue weighted by molar-refractivity contribution is -0.266. The Kier molecular flexibility index (Phi) is 8.20. The molecule has 1 unspecified atom stereocenters. The van der Waals surface area contributed by atoms with Gasteiger partial charge in [0.05, 0.1) is 30.0 Å². The molecular formula is C29H25ClF5N3O4. The first-order chi connectivity index (χ1) is 19.5. The molecular weight excluding hydrogens is 585 g/mol. The van der Waals surface area contributed by atoms with Gasteiger partial charge in [-0.05, 0) is 68.8 Å². The number of nitrogens with one attached hydrogen (secondary N) is 1. The number of halogens is 6. The molecule has 3 N–H and O–H groups in total. The van der Waals surface area contributed by atoms with Crippen molar-refractivity contribution in [3.8, 4) is 17.0 Å². The molecule has 1 amide bonds. The Labute approximate surface area is 241 Å². The number of hydrogen-bond donors (Lipinski definition) is 3. The Balaban J connectivity index is 1.83. The Morgan fingerprint density at radius 1 is 1.07 bits per heavy atom. The normalized spacial score (nSPS) is 13.6. The number of fused-ring (bicyclic) bond motifs is 1. The first-order valence-corrected chi connectivity index (χ1v) is 12.8. The summed E-state index contributed by atoms with van der Waals surface area (Å²) < 4.78 is 78.2. The van der Waals surface area contributed by atoms with Gasteiger partial charge in [-0.15, -0.1) is 0 Å². The second-order valence-electron chi connectivity index (χ2n) is 10.2. The van der Waals surface area contributed by atoms with Gasteiger partial charge >= 0.3 is 6.18 Å². The molecule has 2 heterocycles. The quantitative estimate of drug-likeness (QED) is 0.224. The van der Waals surface area contributed by atoms with Crippen molar-refractivity contribution in [3.05, 3.63) is 87.7 Å². The predicted octanol–water partition coefficient (Wildman–Crippen LogP) is 5.95. The summed E-state index contributed by atoms with van der Waals surface area (Å²) in [5.41, 5.74) is -8.01. The second kappa shape index (κ2) is 11.1. The van der Waals surface area contributed by atoms with Crippen LogP contribution in [-0.2, 0) is 11.2 Å². The van der Waals surface area contributed by atoms with Crippen LogP contribution in [0.5, 0.6) is 5.75 Å². The fourth-order valence-corrected chi connectivity index (χ4v) is 4.86. The molecule has 1 atom stereocenters. The highest BCUT2D eigenvalue weighted by Crippen LogP contribution is 2.45. The maximum absolute atomic E-state index is 15.8. The molecule has 0 aliphatic heterocycles. The zero-order valence-electron chi connectivity index (χ0n) is 22.7. The number of alkyl halides is 3. The highest BCUT2D eigenvalue weighted by molar-refractivity contribution is 6.34. The van der Waals surface area contributed by atoms with Gasteiger partial charge in [-0.2, -0.15) is 13.2 Å². The summed E-state index contributed by atoms with van der Waals surface area (Å²) in [6.45, 7) is 2.34. The number of aliphatic hydroxyl groups is 2. The van der Waals surface area contributed by atoms with E-state index in [2.05, 4.69) is 9.97 Å². The minimum atomic E-state index is -5.58. The first-order valence-electron chi connectivity index (χ1n) is 12.4. The van der Waals surface area contributed by atoms with Crippen LogP contribution >= 0.6 is 11.6 Å². The van der Waals surface area contributed by atoms with Crippen LogP contribution in [0, 0.1) is 18.6 Å². The van der Waals surface area contributed by atoms with Gasteiger partial charge in [0, 0.05) is 28.3 Å². The molecule has 0 spiro atoms. The zero-order chi connectivity index (χ0) is 31.2. The van der Waals surface area contributed by atoms with E-state index in [-0.39, 0.29) is 16.9 Å². The van der Waals surface area contributed by atoms with Crippen LogP contribution in [0.15, 0.2) is 48.7 Å².